The van der Waals surface area contributed by atoms with Crippen molar-refractivity contribution in [2.24, 2.45) is 0 Å². The molecule has 8 aromatic rings. The van der Waals surface area contributed by atoms with E-state index in [1.807, 2.05) is 0 Å². The molecule has 1 heteroatoms. The van der Waals surface area contributed by atoms with Gasteiger partial charge in [0.15, 0.2) is 0 Å². The molecule has 0 atom stereocenters. The smallest absolute Gasteiger partial charge is 0.0582 e. The molecule has 1 nitrogen and oxygen atoms in total. The highest BCUT2D eigenvalue weighted by Gasteiger charge is 2.44. The summed E-state index contributed by atoms with van der Waals surface area (Å²) in [5, 5.41) is 5.33. The van der Waals surface area contributed by atoms with Crippen LogP contribution in [0.1, 0.15) is 85.9 Å². The summed E-state index contributed by atoms with van der Waals surface area (Å²) in [6.45, 7) is 9.81. The number of para-hydroxylation sites is 1. The van der Waals surface area contributed by atoms with Crippen molar-refractivity contribution in [1.29, 1.82) is 0 Å². The summed E-state index contributed by atoms with van der Waals surface area (Å²) >= 11 is 0. The molecule has 274 valence electrons. The van der Waals surface area contributed by atoms with Crippen molar-refractivity contribution >= 4 is 44.2 Å². The fourth-order valence-electron chi connectivity index (χ4n) is 11.2. The molecule has 0 amide bonds. The molecule has 0 saturated carbocycles. The van der Waals surface area contributed by atoms with Crippen LogP contribution in [-0.2, 0) is 17.3 Å². The Morgan fingerprint density at radius 1 is 0.456 bits per heavy atom. The first kappa shape index (κ1) is 33.0. The summed E-state index contributed by atoms with van der Waals surface area (Å²) in [7, 11) is 0. The third kappa shape index (κ3) is 4.46. The minimum atomic E-state index is -0.190. The van der Waals surface area contributed by atoms with Gasteiger partial charge in [0.2, 0.25) is 0 Å². The third-order valence-electron chi connectivity index (χ3n) is 14.0. The normalized spacial score (nSPS) is 16.7. The molecule has 57 heavy (non-hydrogen) atoms. The monoisotopic (exact) mass is 731 g/mol. The molecule has 7 aromatic carbocycles. The van der Waals surface area contributed by atoms with Gasteiger partial charge in [0.1, 0.15) is 0 Å². The second-order valence-corrected chi connectivity index (χ2v) is 17.8. The largest absolute Gasteiger partial charge is 0.308 e. The van der Waals surface area contributed by atoms with E-state index in [4.69, 9.17) is 0 Å². The summed E-state index contributed by atoms with van der Waals surface area (Å²) in [5.74, 6) is 0. The Morgan fingerprint density at radius 2 is 1.05 bits per heavy atom. The lowest BCUT2D eigenvalue weighted by Crippen LogP contribution is -2.33. The summed E-state index contributed by atoms with van der Waals surface area (Å²) < 4.78 is 2.67. The van der Waals surface area contributed by atoms with E-state index >= 15 is 0 Å². The van der Waals surface area contributed by atoms with Crippen molar-refractivity contribution < 1.29 is 0 Å². The van der Waals surface area contributed by atoms with Gasteiger partial charge in [-0.25, -0.2) is 0 Å². The maximum atomic E-state index is 2.67. The molecule has 1 aromatic heterocycles. The number of hydrogen-bond donors (Lipinski definition) is 0. The Hall–Kier alpha value is -6.18. The van der Waals surface area contributed by atoms with E-state index < -0.39 is 0 Å². The SMILES string of the molecule is CC1(C)c2cccc3c2-n2c4c1cc(-c1ccc(-c5ccccc5)c5c1C=CCC5)cc4c1cc(-c4ccc(C5=CCCC=C5)c5ccccc45)cc(c12)C3(C)C. The Kier molecular flexibility index (Phi) is 6.76. The van der Waals surface area contributed by atoms with Crippen molar-refractivity contribution in [2.45, 2.75) is 64.2 Å². The number of aromatic nitrogens is 1. The molecular weight excluding hydrogens is 687 g/mol. The van der Waals surface area contributed by atoms with E-state index in [-0.39, 0.29) is 10.8 Å². The quantitative estimate of drug-likeness (QED) is 0.170. The first-order chi connectivity index (χ1) is 27.8. The van der Waals surface area contributed by atoms with Gasteiger partial charge in [-0.2, -0.15) is 0 Å². The van der Waals surface area contributed by atoms with Crippen LogP contribution in [0.25, 0.3) is 83.3 Å². The highest BCUT2D eigenvalue weighted by atomic mass is 15.0. The predicted octanol–water partition coefficient (Wildman–Crippen LogP) is 14.9. The van der Waals surface area contributed by atoms with Crippen molar-refractivity contribution in [3.8, 4) is 39.1 Å². The number of fused-ring (bicyclic) bond motifs is 3. The van der Waals surface area contributed by atoms with Crippen LogP contribution in [0.4, 0.5) is 0 Å². The van der Waals surface area contributed by atoms with Crippen LogP contribution in [0.5, 0.6) is 0 Å². The van der Waals surface area contributed by atoms with Gasteiger partial charge in [0, 0.05) is 21.6 Å². The molecule has 12 rings (SSSR count). The molecule has 0 unspecified atom stereocenters. The van der Waals surface area contributed by atoms with E-state index in [1.165, 1.54) is 116 Å². The van der Waals surface area contributed by atoms with Crippen LogP contribution in [0.15, 0.2) is 146 Å². The van der Waals surface area contributed by atoms with Gasteiger partial charge in [-0.05, 0) is 139 Å². The van der Waals surface area contributed by atoms with Crippen LogP contribution < -0.4 is 0 Å². The van der Waals surface area contributed by atoms with Gasteiger partial charge in [-0.1, -0.05) is 155 Å². The first-order valence-electron chi connectivity index (χ1n) is 20.9. The Labute approximate surface area is 335 Å². The molecule has 4 aliphatic rings. The number of rotatable bonds is 4. The topological polar surface area (TPSA) is 4.93 Å². The first-order valence-corrected chi connectivity index (χ1v) is 20.9. The van der Waals surface area contributed by atoms with Crippen LogP contribution >= 0.6 is 0 Å². The van der Waals surface area contributed by atoms with E-state index in [0.29, 0.717) is 0 Å². The molecule has 0 bridgehead atoms. The van der Waals surface area contributed by atoms with Gasteiger partial charge in [-0.3, -0.25) is 0 Å². The Morgan fingerprint density at radius 3 is 1.74 bits per heavy atom. The Balaban J connectivity index is 1.18. The number of hydrogen-bond acceptors (Lipinski definition) is 0. The fraction of sp³-hybridized carbons (Fsp3) is 0.179. The molecule has 0 radical (unpaired) electrons. The summed E-state index contributed by atoms with van der Waals surface area (Å²) in [6, 6.07) is 46.8. The minimum absolute atomic E-state index is 0.186. The fourth-order valence-corrected chi connectivity index (χ4v) is 11.2. The van der Waals surface area contributed by atoms with Gasteiger partial charge in [0.25, 0.3) is 0 Å². The second kappa shape index (κ2) is 11.7. The minimum Gasteiger partial charge on any atom is -0.308 e. The lowest BCUT2D eigenvalue weighted by Gasteiger charge is -2.42. The summed E-state index contributed by atoms with van der Waals surface area (Å²) in [6.07, 6.45) is 16.1. The van der Waals surface area contributed by atoms with Crippen LogP contribution in [-0.4, -0.2) is 4.57 Å². The zero-order valence-electron chi connectivity index (χ0n) is 33.2. The molecule has 0 saturated heterocycles. The highest BCUT2D eigenvalue weighted by Crippen LogP contribution is 2.57. The molecule has 3 heterocycles. The molecule has 0 fully saturated rings. The molecule has 0 N–H and O–H groups in total. The lowest BCUT2D eigenvalue weighted by molar-refractivity contribution is 0.594. The van der Waals surface area contributed by atoms with Gasteiger partial charge in [-0.15, -0.1) is 0 Å². The molecule has 0 spiro atoms. The molecular formula is C56H45N. The van der Waals surface area contributed by atoms with Crippen LogP contribution in [0.2, 0.25) is 0 Å². The van der Waals surface area contributed by atoms with Crippen molar-refractivity contribution in [3.63, 3.8) is 0 Å². The predicted molar refractivity (Wildman–Crippen MR) is 243 cm³/mol. The second-order valence-electron chi connectivity index (χ2n) is 17.8. The van der Waals surface area contributed by atoms with E-state index in [1.54, 1.807) is 0 Å². The summed E-state index contributed by atoms with van der Waals surface area (Å²) in [5.41, 5.74) is 22.8. The Bertz CT molecular complexity index is 3160. The van der Waals surface area contributed by atoms with Crippen molar-refractivity contribution in [1.82, 2.24) is 4.57 Å². The van der Waals surface area contributed by atoms with Crippen LogP contribution in [0.3, 0.4) is 0 Å². The molecule has 2 aliphatic heterocycles. The maximum absolute atomic E-state index is 2.67. The summed E-state index contributed by atoms with van der Waals surface area (Å²) in [4.78, 5) is 0. The average Bonchev–Trinajstić information content (AvgIpc) is 3.58. The average molecular weight is 732 g/mol. The third-order valence-corrected chi connectivity index (χ3v) is 14.0. The van der Waals surface area contributed by atoms with Gasteiger partial charge >= 0.3 is 0 Å². The highest BCUT2D eigenvalue weighted by molar-refractivity contribution is 6.17. The molecule has 2 aliphatic carbocycles. The van der Waals surface area contributed by atoms with E-state index in [9.17, 15) is 0 Å². The van der Waals surface area contributed by atoms with Gasteiger partial charge < -0.3 is 4.57 Å². The zero-order chi connectivity index (χ0) is 38.2. The van der Waals surface area contributed by atoms with E-state index in [0.717, 1.165) is 25.7 Å². The number of allylic oxidation sites excluding steroid dienone is 5. The number of nitrogens with zero attached hydrogens (tertiary/aromatic N) is 1. The standard InChI is InChI=1S/C56H45N/c1-55(2)48-24-15-25-49-54(48)57-52-46(30-36(32-50(52)55)40-28-26-38(34-16-7-5-8-17-34)42-20-11-13-22-44(40)42)47-31-37(33-51(53(47)57)56(49,3)4)41-29-27-39(35-18-9-6-10-19-35)43-21-12-14-23-45(41)43/h5,7-9,12-19,21-33H,6,10-11,20H2,1-4H3. The van der Waals surface area contributed by atoms with E-state index in [2.05, 4.69) is 184 Å². The van der Waals surface area contributed by atoms with Crippen molar-refractivity contribution in [3.05, 3.63) is 185 Å². The zero-order valence-corrected chi connectivity index (χ0v) is 33.2. The van der Waals surface area contributed by atoms with Gasteiger partial charge in [0.05, 0.1) is 16.7 Å². The van der Waals surface area contributed by atoms with Crippen molar-refractivity contribution in [2.75, 3.05) is 0 Å². The maximum Gasteiger partial charge on any atom is 0.0582 e. The number of benzene rings is 7. The van der Waals surface area contributed by atoms with Crippen LogP contribution in [0, 0.1) is 0 Å². The lowest BCUT2D eigenvalue weighted by atomic mass is 9.68.